The summed E-state index contributed by atoms with van der Waals surface area (Å²) >= 11 is 0. The Balaban J connectivity index is 2.61. The van der Waals surface area contributed by atoms with Gasteiger partial charge in [0, 0.05) is 6.20 Å². The third kappa shape index (κ3) is 1.94. The fourth-order valence-electron chi connectivity index (χ4n) is 2.27. The molecule has 0 saturated carbocycles. The number of anilines is 1. The maximum atomic E-state index is 11.8. The number of aliphatic hydroxyl groups excluding tert-OH is 4. The normalized spacial score (nSPS) is 30.4. The Morgan fingerprint density at radius 2 is 2.11 bits per heavy atom. The summed E-state index contributed by atoms with van der Waals surface area (Å²) in [6.07, 6.45) is -0.278. The summed E-state index contributed by atoms with van der Waals surface area (Å²) in [7, 11) is 0. The van der Waals surface area contributed by atoms with Crippen LogP contribution in [0.4, 0.5) is 5.82 Å². The molecule has 0 fully saturated rings. The third-order valence-corrected chi connectivity index (χ3v) is 3.34. The molecule has 1 aliphatic rings. The SMILES string of the molecule is Nc1ccn([C@]2(CO)C=C(CO)[C@@H](O)[C@H]2O)c(=O)n1. The van der Waals surface area contributed by atoms with Gasteiger partial charge in [-0.25, -0.2) is 4.79 Å². The number of hydrogen-bond acceptors (Lipinski definition) is 7. The van der Waals surface area contributed by atoms with E-state index in [2.05, 4.69) is 4.98 Å². The lowest BCUT2D eigenvalue weighted by Gasteiger charge is -2.32. The fraction of sp³-hybridized carbons (Fsp3) is 0.455. The van der Waals surface area contributed by atoms with Gasteiger partial charge in [-0.2, -0.15) is 4.98 Å². The second-order valence-electron chi connectivity index (χ2n) is 4.42. The van der Waals surface area contributed by atoms with E-state index >= 15 is 0 Å². The van der Waals surface area contributed by atoms with Crippen molar-refractivity contribution in [3.05, 3.63) is 34.4 Å². The standard InChI is InChI=1S/C11H15N3O5/c12-7-1-2-14(10(19)13-7)11(5-16)3-6(4-15)8(17)9(11)18/h1-3,8-9,15-18H,4-5H2,(H2,12,13,19)/t8-,9-,11+/m1/s1. The molecule has 0 aromatic carbocycles. The van der Waals surface area contributed by atoms with E-state index in [0.717, 1.165) is 4.57 Å². The summed E-state index contributed by atoms with van der Waals surface area (Å²) in [5, 5.41) is 38.5. The lowest BCUT2D eigenvalue weighted by Crippen LogP contribution is -2.52. The van der Waals surface area contributed by atoms with Crippen molar-refractivity contribution in [2.45, 2.75) is 17.7 Å². The molecule has 3 atom stereocenters. The second kappa shape index (κ2) is 4.74. The van der Waals surface area contributed by atoms with E-state index in [4.69, 9.17) is 10.8 Å². The first-order valence-electron chi connectivity index (χ1n) is 5.61. The van der Waals surface area contributed by atoms with Crippen molar-refractivity contribution in [3.8, 4) is 0 Å². The quantitative estimate of drug-likeness (QED) is 0.372. The molecule has 0 amide bonds. The van der Waals surface area contributed by atoms with Gasteiger partial charge in [0.1, 0.15) is 23.6 Å². The van der Waals surface area contributed by atoms with Crippen LogP contribution in [0.2, 0.25) is 0 Å². The maximum Gasteiger partial charge on any atom is 0.350 e. The highest BCUT2D eigenvalue weighted by molar-refractivity contribution is 5.31. The predicted octanol–water partition coefficient (Wildman–Crippen LogP) is -2.83. The Morgan fingerprint density at radius 3 is 2.58 bits per heavy atom. The summed E-state index contributed by atoms with van der Waals surface area (Å²) in [4.78, 5) is 15.3. The molecular weight excluding hydrogens is 254 g/mol. The molecule has 8 nitrogen and oxygen atoms in total. The van der Waals surface area contributed by atoms with Crippen LogP contribution in [-0.2, 0) is 5.54 Å². The maximum absolute atomic E-state index is 11.8. The van der Waals surface area contributed by atoms with E-state index in [1.807, 2.05) is 0 Å². The smallest absolute Gasteiger partial charge is 0.350 e. The van der Waals surface area contributed by atoms with Crippen LogP contribution >= 0.6 is 0 Å². The number of nitrogen functional groups attached to an aromatic ring is 1. The number of aromatic nitrogens is 2. The third-order valence-electron chi connectivity index (χ3n) is 3.34. The zero-order valence-corrected chi connectivity index (χ0v) is 9.97. The predicted molar refractivity (Wildman–Crippen MR) is 65.2 cm³/mol. The zero-order chi connectivity index (χ0) is 14.2. The zero-order valence-electron chi connectivity index (χ0n) is 9.97. The molecule has 0 radical (unpaired) electrons. The Bertz CT molecular complexity index is 570. The fourth-order valence-corrected chi connectivity index (χ4v) is 2.27. The average molecular weight is 269 g/mol. The van der Waals surface area contributed by atoms with Gasteiger partial charge in [0.25, 0.3) is 0 Å². The molecule has 0 unspecified atom stereocenters. The topological polar surface area (TPSA) is 142 Å². The lowest BCUT2D eigenvalue weighted by molar-refractivity contribution is -0.0319. The van der Waals surface area contributed by atoms with Crippen molar-refractivity contribution in [1.29, 1.82) is 0 Å². The van der Waals surface area contributed by atoms with Crippen LogP contribution in [0.15, 0.2) is 28.7 Å². The van der Waals surface area contributed by atoms with Gasteiger partial charge in [-0.05, 0) is 17.7 Å². The summed E-state index contributed by atoms with van der Waals surface area (Å²) < 4.78 is 0.986. The minimum absolute atomic E-state index is 0.00809. The monoisotopic (exact) mass is 269 g/mol. The molecule has 6 N–H and O–H groups in total. The van der Waals surface area contributed by atoms with Crippen LogP contribution < -0.4 is 11.4 Å². The van der Waals surface area contributed by atoms with Crippen molar-refractivity contribution in [3.63, 3.8) is 0 Å². The molecule has 1 heterocycles. The Morgan fingerprint density at radius 1 is 1.42 bits per heavy atom. The first kappa shape index (κ1) is 13.7. The summed E-state index contributed by atoms with van der Waals surface area (Å²) in [6, 6.07) is 1.34. The van der Waals surface area contributed by atoms with Crippen molar-refractivity contribution >= 4 is 5.82 Å². The molecular formula is C11H15N3O5. The Hall–Kier alpha value is -1.74. The summed E-state index contributed by atoms with van der Waals surface area (Å²) in [5.74, 6) is 0.00809. The molecule has 8 heteroatoms. The molecule has 0 bridgehead atoms. The molecule has 19 heavy (non-hydrogen) atoms. The number of rotatable bonds is 3. The first-order valence-corrected chi connectivity index (χ1v) is 5.61. The van der Waals surface area contributed by atoms with Crippen LogP contribution in [0.1, 0.15) is 0 Å². The minimum Gasteiger partial charge on any atom is -0.393 e. The minimum atomic E-state index is -1.56. The number of hydrogen-bond donors (Lipinski definition) is 5. The molecule has 1 aliphatic carbocycles. The van der Waals surface area contributed by atoms with Crippen LogP contribution in [0.3, 0.4) is 0 Å². The van der Waals surface area contributed by atoms with Crippen molar-refractivity contribution in [2.75, 3.05) is 18.9 Å². The van der Waals surface area contributed by atoms with E-state index in [1.165, 1.54) is 18.3 Å². The van der Waals surface area contributed by atoms with Crippen LogP contribution in [0.5, 0.6) is 0 Å². The van der Waals surface area contributed by atoms with Gasteiger partial charge in [0.2, 0.25) is 0 Å². The van der Waals surface area contributed by atoms with Gasteiger partial charge < -0.3 is 26.2 Å². The van der Waals surface area contributed by atoms with E-state index in [1.54, 1.807) is 0 Å². The Kier molecular flexibility index (Phi) is 3.42. The Labute approximate surface area is 108 Å². The average Bonchev–Trinajstić information content (AvgIpc) is 2.64. The van der Waals surface area contributed by atoms with Gasteiger partial charge in [-0.3, -0.25) is 4.57 Å². The molecule has 0 saturated heterocycles. The molecule has 0 aliphatic heterocycles. The van der Waals surface area contributed by atoms with Gasteiger partial charge in [-0.1, -0.05) is 0 Å². The van der Waals surface area contributed by atoms with Gasteiger partial charge in [-0.15, -0.1) is 0 Å². The second-order valence-corrected chi connectivity index (χ2v) is 4.42. The number of aliphatic hydroxyl groups is 4. The van der Waals surface area contributed by atoms with Gasteiger partial charge >= 0.3 is 5.69 Å². The van der Waals surface area contributed by atoms with E-state index < -0.39 is 36.7 Å². The highest BCUT2D eigenvalue weighted by atomic mass is 16.3. The molecule has 1 aromatic rings. The lowest BCUT2D eigenvalue weighted by atomic mass is 9.95. The van der Waals surface area contributed by atoms with Crippen molar-refractivity contribution in [1.82, 2.24) is 9.55 Å². The number of nitrogens with zero attached hydrogens (tertiary/aromatic N) is 2. The molecule has 1 aromatic heterocycles. The van der Waals surface area contributed by atoms with Gasteiger partial charge in [0.15, 0.2) is 0 Å². The molecule has 2 rings (SSSR count). The van der Waals surface area contributed by atoms with Crippen LogP contribution in [0, 0.1) is 0 Å². The van der Waals surface area contributed by atoms with Crippen LogP contribution in [-0.4, -0.2) is 55.4 Å². The number of nitrogens with two attached hydrogens (primary N) is 1. The summed E-state index contributed by atoms with van der Waals surface area (Å²) in [5.41, 5.74) is 3.17. The van der Waals surface area contributed by atoms with Crippen molar-refractivity contribution in [2.24, 2.45) is 0 Å². The van der Waals surface area contributed by atoms with E-state index in [0.29, 0.717) is 0 Å². The summed E-state index contributed by atoms with van der Waals surface area (Å²) in [6.45, 7) is -1.13. The van der Waals surface area contributed by atoms with Crippen LogP contribution in [0.25, 0.3) is 0 Å². The van der Waals surface area contributed by atoms with E-state index in [9.17, 15) is 20.1 Å². The largest absolute Gasteiger partial charge is 0.393 e. The first-order chi connectivity index (χ1) is 8.96. The molecule has 0 spiro atoms. The highest BCUT2D eigenvalue weighted by Gasteiger charge is 2.48. The molecule has 104 valence electrons. The van der Waals surface area contributed by atoms with Gasteiger partial charge in [0.05, 0.1) is 13.2 Å². The highest BCUT2D eigenvalue weighted by Crippen LogP contribution is 2.34. The van der Waals surface area contributed by atoms with E-state index in [-0.39, 0.29) is 11.4 Å². The van der Waals surface area contributed by atoms with Crippen molar-refractivity contribution < 1.29 is 20.4 Å².